The number of aryl methyl sites for hydroxylation is 1. The second-order valence-electron chi connectivity index (χ2n) is 8.70. The third-order valence-electron chi connectivity index (χ3n) is 5.29. The van der Waals surface area contributed by atoms with Crippen molar-refractivity contribution in [2.75, 3.05) is 0 Å². The van der Waals surface area contributed by atoms with Gasteiger partial charge < -0.3 is 19.8 Å². The van der Waals surface area contributed by atoms with Gasteiger partial charge in [0.1, 0.15) is 0 Å². The summed E-state index contributed by atoms with van der Waals surface area (Å²) in [6.45, 7) is 15.7. The molecular weight excluding hydrogens is 555 g/mol. The SMILES string of the molecule is CCCCCCCCCCCCCC(=O)[O-].CCc1ccc(C(=O)[O-])cc1.[CH2]CCC.[CH2]CCC.[Sn+2]. The zero-order valence-corrected chi connectivity index (χ0v) is 26.7. The Labute approximate surface area is 241 Å². The normalized spacial score (nSPS) is 9.28. The quantitative estimate of drug-likeness (QED) is 0.151. The minimum Gasteiger partial charge on any atom is -0.550 e. The van der Waals surface area contributed by atoms with Crippen molar-refractivity contribution in [2.45, 2.75) is 137 Å². The van der Waals surface area contributed by atoms with Gasteiger partial charge in [0.15, 0.2) is 0 Å². The molecule has 0 spiro atoms. The van der Waals surface area contributed by atoms with E-state index >= 15 is 0 Å². The number of carboxylic acids is 2. The fraction of sp³-hybridized carbons (Fsp3) is 0.677. The van der Waals surface area contributed by atoms with Crippen LogP contribution >= 0.6 is 0 Å². The predicted octanol–water partition coefficient (Wildman–Crippen LogP) is 6.91. The van der Waals surface area contributed by atoms with Crippen molar-refractivity contribution >= 4 is 35.8 Å². The Morgan fingerprint density at radius 3 is 1.28 bits per heavy atom. The molecule has 0 saturated heterocycles. The van der Waals surface area contributed by atoms with Crippen molar-refractivity contribution in [1.82, 2.24) is 0 Å². The Morgan fingerprint density at radius 2 is 1.00 bits per heavy atom. The molecule has 4 radical (unpaired) electrons. The van der Waals surface area contributed by atoms with E-state index < -0.39 is 11.9 Å². The van der Waals surface area contributed by atoms with Crippen LogP contribution in [0.25, 0.3) is 0 Å². The number of benzene rings is 1. The average Bonchev–Trinajstić information content (AvgIpc) is 2.87. The van der Waals surface area contributed by atoms with E-state index in [1.165, 1.54) is 70.6 Å². The van der Waals surface area contributed by atoms with Crippen LogP contribution in [0.4, 0.5) is 0 Å². The molecule has 0 aliphatic carbocycles. The third-order valence-corrected chi connectivity index (χ3v) is 5.29. The van der Waals surface area contributed by atoms with Crippen molar-refractivity contribution in [1.29, 1.82) is 0 Å². The molecule has 0 aliphatic rings. The maximum atomic E-state index is 10.3. The van der Waals surface area contributed by atoms with E-state index in [2.05, 4.69) is 34.6 Å². The van der Waals surface area contributed by atoms with Crippen LogP contribution in [-0.4, -0.2) is 35.8 Å². The van der Waals surface area contributed by atoms with Gasteiger partial charge in [0.05, 0.1) is 5.97 Å². The standard InChI is InChI=1S/C14H28O2.C9H10O2.2C4H9.Sn/c1-2-3-4-5-6-7-8-9-10-11-12-13-14(15)16;1-2-7-3-5-8(6-4-7)9(10)11;2*1-3-4-2;/h2-13H2,1H3,(H,15,16);3-6H,2H2,1H3,(H,10,11);2*1,3-4H2,2H3;/q;;;;+2/p-2. The van der Waals surface area contributed by atoms with E-state index in [4.69, 9.17) is 0 Å². The zero-order chi connectivity index (χ0) is 27.2. The molecule has 0 aliphatic heterocycles. The smallest absolute Gasteiger partial charge is 0.550 e. The van der Waals surface area contributed by atoms with E-state index in [0.29, 0.717) is 0 Å². The van der Waals surface area contributed by atoms with Crippen molar-refractivity contribution in [3.63, 3.8) is 0 Å². The molecule has 0 heterocycles. The summed E-state index contributed by atoms with van der Waals surface area (Å²) in [5, 5.41) is 20.4. The summed E-state index contributed by atoms with van der Waals surface area (Å²) in [5.74, 6) is -2.02. The Morgan fingerprint density at radius 1 is 0.639 bits per heavy atom. The van der Waals surface area contributed by atoms with E-state index in [9.17, 15) is 19.8 Å². The molecule has 0 N–H and O–H groups in total. The van der Waals surface area contributed by atoms with Crippen LogP contribution < -0.4 is 10.2 Å². The molecule has 0 aromatic heterocycles. The summed E-state index contributed by atoms with van der Waals surface area (Å²) < 4.78 is 0. The Balaban J connectivity index is -0.000000220. The molecule has 1 aromatic carbocycles. The Kier molecular flexibility index (Phi) is 42.2. The van der Waals surface area contributed by atoms with Crippen LogP contribution in [0, 0.1) is 13.8 Å². The monoisotopic (exact) mass is 610 g/mol. The first-order valence-electron chi connectivity index (χ1n) is 13.9. The van der Waals surface area contributed by atoms with Crippen molar-refractivity contribution < 1.29 is 19.8 Å². The van der Waals surface area contributed by atoms with Gasteiger partial charge in [-0.15, -0.1) is 0 Å². The van der Waals surface area contributed by atoms with Crippen molar-refractivity contribution in [3.8, 4) is 0 Å². The van der Waals surface area contributed by atoms with Crippen LogP contribution in [0.15, 0.2) is 24.3 Å². The van der Waals surface area contributed by atoms with E-state index in [1.54, 1.807) is 24.3 Å². The van der Waals surface area contributed by atoms with Crippen LogP contribution in [0.2, 0.25) is 0 Å². The minimum atomic E-state index is -1.12. The molecule has 0 bridgehead atoms. The van der Waals surface area contributed by atoms with Gasteiger partial charge in [-0.1, -0.05) is 156 Å². The van der Waals surface area contributed by atoms with E-state index in [-0.39, 0.29) is 35.9 Å². The summed E-state index contributed by atoms with van der Waals surface area (Å²) in [6, 6.07) is 6.72. The topological polar surface area (TPSA) is 80.3 Å². The molecule has 0 saturated carbocycles. The fourth-order valence-corrected chi connectivity index (χ4v) is 2.81. The molecule has 36 heavy (non-hydrogen) atoms. The number of hydrogen-bond acceptors (Lipinski definition) is 4. The molecule has 1 aromatic rings. The summed E-state index contributed by atoms with van der Waals surface area (Å²) in [7, 11) is 0. The molecule has 4 nitrogen and oxygen atoms in total. The van der Waals surface area contributed by atoms with E-state index in [1.807, 2.05) is 6.92 Å². The van der Waals surface area contributed by atoms with Gasteiger partial charge in [-0.2, -0.15) is 0 Å². The van der Waals surface area contributed by atoms with Crippen molar-refractivity contribution in [3.05, 3.63) is 49.2 Å². The third kappa shape index (κ3) is 37.5. The van der Waals surface area contributed by atoms with Crippen LogP contribution in [0.3, 0.4) is 0 Å². The van der Waals surface area contributed by atoms with Crippen LogP contribution in [0.1, 0.15) is 146 Å². The van der Waals surface area contributed by atoms with E-state index in [0.717, 1.165) is 37.7 Å². The minimum absolute atomic E-state index is 0. The number of carbonyl (C=O) groups is 2. The largest absolute Gasteiger partial charge is 2.00 e. The number of aromatic carboxylic acids is 1. The summed E-state index contributed by atoms with van der Waals surface area (Å²) in [4.78, 5) is 20.4. The Bertz CT molecular complexity index is 550. The van der Waals surface area contributed by atoms with Gasteiger partial charge >= 0.3 is 23.9 Å². The average molecular weight is 609 g/mol. The van der Waals surface area contributed by atoms with Gasteiger partial charge in [-0.25, -0.2) is 0 Å². The predicted molar refractivity (Wildman–Crippen MR) is 153 cm³/mol. The first kappa shape index (κ1) is 42.1. The maximum Gasteiger partial charge on any atom is 2.00 e. The number of aliphatic carboxylic acids is 1. The summed E-state index contributed by atoms with van der Waals surface area (Å²) >= 11 is 0. The molecule has 5 heteroatoms. The molecule has 0 atom stereocenters. The number of carbonyl (C=O) groups excluding carboxylic acids is 2. The zero-order valence-electron chi connectivity index (χ0n) is 23.9. The van der Waals surface area contributed by atoms with Gasteiger partial charge in [0.2, 0.25) is 0 Å². The van der Waals surface area contributed by atoms with Crippen LogP contribution in [-0.2, 0) is 11.2 Å². The second-order valence-corrected chi connectivity index (χ2v) is 8.70. The van der Waals surface area contributed by atoms with Gasteiger partial charge in [-0.05, 0) is 30.4 Å². The molecule has 0 amide bonds. The first-order chi connectivity index (χ1) is 16.8. The first-order valence-corrected chi connectivity index (χ1v) is 13.9. The fourth-order valence-electron chi connectivity index (χ4n) is 2.81. The number of hydrogen-bond donors (Lipinski definition) is 0. The second kappa shape index (κ2) is 36.1. The van der Waals surface area contributed by atoms with Gasteiger partial charge in [0.25, 0.3) is 0 Å². The molecular formula is C31H54O4Sn. The number of carboxylic acid groups (broad SMARTS) is 2. The molecule has 0 fully saturated rings. The Hall–Kier alpha value is -1.04. The molecule has 0 unspecified atom stereocenters. The number of rotatable bonds is 16. The van der Waals surface area contributed by atoms with Crippen LogP contribution in [0.5, 0.6) is 0 Å². The maximum absolute atomic E-state index is 10.3. The van der Waals surface area contributed by atoms with Gasteiger partial charge in [0, 0.05) is 5.97 Å². The van der Waals surface area contributed by atoms with Gasteiger partial charge in [-0.3, -0.25) is 0 Å². The summed E-state index contributed by atoms with van der Waals surface area (Å²) in [5.41, 5.74) is 1.37. The molecule has 206 valence electrons. The molecule has 1 rings (SSSR count). The van der Waals surface area contributed by atoms with Crippen molar-refractivity contribution in [2.24, 2.45) is 0 Å². The summed E-state index contributed by atoms with van der Waals surface area (Å²) in [6.07, 6.45) is 19.5. The number of unbranched alkanes of at least 4 members (excludes halogenated alkanes) is 12.